The molecule has 1 N–H and O–H groups in total. The van der Waals surface area contributed by atoms with Gasteiger partial charge >= 0.3 is 17.9 Å². The van der Waals surface area contributed by atoms with Crippen molar-refractivity contribution in [1.29, 1.82) is 0 Å². The Morgan fingerprint density at radius 2 is 1.69 bits per heavy atom. The summed E-state index contributed by atoms with van der Waals surface area (Å²) in [5.41, 5.74) is -1.86. The van der Waals surface area contributed by atoms with Gasteiger partial charge in [0, 0.05) is 12.1 Å². The van der Waals surface area contributed by atoms with Crippen molar-refractivity contribution >= 4 is 35.3 Å². The fourth-order valence-corrected chi connectivity index (χ4v) is 3.78. The molecular weight excluding hydrogens is 527 g/mol. The number of benzene rings is 3. The number of hydrogen-bond donors (Lipinski definition) is 1. The van der Waals surface area contributed by atoms with Crippen molar-refractivity contribution in [3.8, 4) is 23.0 Å². The number of nitro benzene ring substituents is 1. The van der Waals surface area contributed by atoms with Crippen molar-refractivity contribution in [3.63, 3.8) is 0 Å². The minimum atomic E-state index is -4.56. The zero-order chi connectivity index (χ0) is 27.9. The van der Waals surface area contributed by atoms with Gasteiger partial charge in [-0.15, -0.1) is 0 Å². The van der Waals surface area contributed by atoms with E-state index in [2.05, 4.69) is 0 Å². The van der Waals surface area contributed by atoms with Crippen LogP contribution in [-0.2, 0) is 15.8 Å². The summed E-state index contributed by atoms with van der Waals surface area (Å²) in [5.74, 6) is -1.70. The number of nitrogens with zero attached hydrogens (tertiary/aromatic N) is 2. The van der Waals surface area contributed by atoms with Crippen molar-refractivity contribution in [2.24, 2.45) is 0 Å². The molecule has 14 heteroatoms. The van der Waals surface area contributed by atoms with E-state index in [1.807, 2.05) is 5.32 Å². The number of amides is 4. The van der Waals surface area contributed by atoms with Crippen molar-refractivity contribution in [3.05, 3.63) is 87.5 Å². The van der Waals surface area contributed by atoms with Crippen LogP contribution < -0.4 is 24.4 Å². The molecule has 3 aromatic rings. The molecule has 0 aliphatic carbocycles. The van der Waals surface area contributed by atoms with E-state index in [1.54, 1.807) is 0 Å². The molecule has 0 aromatic heterocycles. The number of imide groups is 2. The van der Waals surface area contributed by atoms with Gasteiger partial charge in [0.2, 0.25) is 12.5 Å². The molecule has 39 heavy (non-hydrogen) atoms. The molecule has 0 atom stereocenters. The number of carbonyl (C=O) groups excluding carboxylic acids is 3. The van der Waals surface area contributed by atoms with Crippen molar-refractivity contribution < 1.29 is 46.7 Å². The summed E-state index contributed by atoms with van der Waals surface area (Å²) in [6.07, 6.45) is -3.51. The number of alkyl halides is 3. The summed E-state index contributed by atoms with van der Waals surface area (Å²) in [4.78, 5) is 49.7. The molecule has 2 aliphatic heterocycles. The van der Waals surface area contributed by atoms with E-state index in [0.717, 1.165) is 42.5 Å². The third-order valence-corrected chi connectivity index (χ3v) is 5.62. The van der Waals surface area contributed by atoms with Gasteiger partial charge in [0.25, 0.3) is 11.8 Å². The highest BCUT2D eigenvalue weighted by Gasteiger charge is 2.37. The van der Waals surface area contributed by atoms with E-state index >= 15 is 0 Å². The number of nitrogens with one attached hydrogen (secondary N) is 1. The summed E-state index contributed by atoms with van der Waals surface area (Å²) in [5, 5.41) is 13.7. The summed E-state index contributed by atoms with van der Waals surface area (Å²) in [7, 11) is 0. The lowest BCUT2D eigenvalue weighted by atomic mass is 10.1. The van der Waals surface area contributed by atoms with Gasteiger partial charge in [-0.25, -0.2) is 9.69 Å². The van der Waals surface area contributed by atoms with Crippen LogP contribution in [0.1, 0.15) is 11.1 Å². The quantitative estimate of drug-likeness (QED) is 0.211. The molecule has 1 fully saturated rings. The predicted octanol–water partition coefficient (Wildman–Crippen LogP) is 4.80. The molecule has 0 unspecified atom stereocenters. The van der Waals surface area contributed by atoms with Crippen LogP contribution in [0.4, 0.5) is 29.3 Å². The monoisotopic (exact) mass is 541 g/mol. The number of rotatable bonds is 5. The highest BCUT2D eigenvalue weighted by atomic mass is 19.4. The first-order valence-corrected chi connectivity index (χ1v) is 11.0. The number of nitro groups is 1. The second kappa shape index (κ2) is 9.48. The van der Waals surface area contributed by atoms with E-state index in [0.29, 0.717) is 10.6 Å². The van der Waals surface area contributed by atoms with Gasteiger partial charge in [0.15, 0.2) is 11.5 Å². The van der Waals surface area contributed by atoms with E-state index in [-0.39, 0.29) is 35.3 Å². The third-order valence-electron chi connectivity index (χ3n) is 5.62. The fraction of sp³-hybridized carbons (Fsp3) is 0.0800. The van der Waals surface area contributed by atoms with Crippen LogP contribution in [0.15, 0.2) is 66.2 Å². The lowest BCUT2D eigenvalue weighted by Gasteiger charge is -2.26. The Morgan fingerprint density at radius 1 is 0.974 bits per heavy atom. The average molecular weight is 541 g/mol. The molecular formula is C25H14F3N3O8. The van der Waals surface area contributed by atoms with Gasteiger partial charge in [0.1, 0.15) is 11.3 Å². The Hall–Kier alpha value is -5.40. The number of carbonyl (C=O) groups is 3. The van der Waals surface area contributed by atoms with Crippen LogP contribution in [0.2, 0.25) is 0 Å². The second-order valence-corrected chi connectivity index (χ2v) is 8.10. The van der Waals surface area contributed by atoms with Gasteiger partial charge in [0.05, 0.1) is 16.2 Å². The minimum Gasteiger partial charge on any atom is -0.454 e. The molecule has 11 nitrogen and oxygen atoms in total. The SMILES string of the molecule is O=C1NC(=O)N(c2ccc3c(c2)OCO3)C(=O)/C1=C/c1ccc(Oc2ccc(C(F)(F)F)cc2)c([N+](=O)[O-])c1. The number of anilines is 1. The van der Waals surface area contributed by atoms with Gasteiger partial charge in [-0.3, -0.25) is 25.0 Å². The van der Waals surface area contributed by atoms with Crippen molar-refractivity contribution in [2.75, 3.05) is 11.7 Å². The Morgan fingerprint density at radius 3 is 2.38 bits per heavy atom. The number of barbiturate groups is 1. The van der Waals surface area contributed by atoms with Crippen LogP contribution in [0.5, 0.6) is 23.0 Å². The molecule has 5 rings (SSSR count). The maximum atomic E-state index is 13.1. The average Bonchev–Trinajstić information content (AvgIpc) is 3.35. The number of urea groups is 1. The number of halogens is 3. The van der Waals surface area contributed by atoms with E-state index in [4.69, 9.17) is 14.2 Å². The van der Waals surface area contributed by atoms with Crippen molar-refractivity contribution in [2.45, 2.75) is 6.18 Å². The van der Waals surface area contributed by atoms with Crippen molar-refractivity contribution in [1.82, 2.24) is 5.32 Å². The predicted molar refractivity (Wildman–Crippen MR) is 126 cm³/mol. The maximum Gasteiger partial charge on any atom is 0.416 e. The first-order chi connectivity index (χ1) is 18.5. The zero-order valence-electron chi connectivity index (χ0n) is 19.4. The van der Waals surface area contributed by atoms with Gasteiger partial charge in [-0.1, -0.05) is 6.07 Å². The summed E-state index contributed by atoms with van der Waals surface area (Å²) < 4.78 is 54.2. The normalized spacial score (nSPS) is 15.9. The van der Waals surface area contributed by atoms with Gasteiger partial charge < -0.3 is 14.2 Å². The Kier molecular flexibility index (Phi) is 6.14. The smallest absolute Gasteiger partial charge is 0.416 e. The molecule has 2 aliphatic rings. The second-order valence-electron chi connectivity index (χ2n) is 8.10. The standard InChI is InChI=1S/C25H14F3N3O8/c26-25(27,28)14-2-5-16(6-3-14)39-19-7-1-13(10-18(19)31(35)36)9-17-22(32)29-24(34)30(23(17)33)15-4-8-20-21(11-15)38-12-37-20/h1-11H,12H2,(H,29,32,34)/b17-9+. The Balaban J connectivity index is 1.44. The van der Waals surface area contributed by atoms with E-state index < -0.39 is 45.8 Å². The van der Waals surface area contributed by atoms with Gasteiger partial charge in [-0.05, 0) is 54.1 Å². The largest absolute Gasteiger partial charge is 0.454 e. The fourth-order valence-electron chi connectivity index (χ4n) is 3.78. The Bertz CT molecular complexity index is 1570. The first kappa shape index (κ1) is 25.3. The molecule has 4 amide bonds. The van der Waals surface area contributed by atoms with Crippen LogP contribution in [0.3, 0.4) is 0 Å². The molecule has 0 radical (unpaired) electrons. The van der Waals surface area contributed by atoms with Crippen LogP contribution in [-0.4, -0.2) is 29.6 Å². The molecule has 0 spiro atoms. The molecule has 1 saturated heterocycles. The maximum absolute atomic E-state index is 13.1. The minimum absolute atomic E-state index is 0.0416. The van der Waals surface area contributed by atoms with E-state index in [9.17, 15) is 37.7 Å². The number of hydrogen-bond acceptors (Lipinski definition) is 8. The van der Waals surface area contributed by atoms with Gasteiger partial charge in [-0.2, -0.15) is 13.2 Å². The Labute approximate surface area is 216 Å². The summed E-state index contributed by atoms with van der Waals surface area (Å²) in [6, 6.07) is 10.3. The lowest BCUT2D eigenvalue weighted by molar-refractivity contribution is -0.385. The third kappa shape index (κ3) is 4.94. The number of fused-ring (bicyclic) bond motifs is 1. The topological polar surface area (TPSA) is 137 Å². The zero-order valence-corrected chi connectivity index (χ0v) is 19.4. The summed E-state index contributed by atoms with van der Waals surface area (Å²) in [6.45, 7) is -0.0417. The molecule has 3 aromatic carbocycles. The van der Waals surface area contributed by atoms with Crippen LogP contribution in [0.25, 0.3) is 6.08 Å². The van der Waals surface area contributed by atoms with Crippen LogP contribution >= 0.6 is 0 Å². The lowest BCUT2D eigenvalue weighted by Crippen LogP contribution is -2.54. The highest BCUT2D eigenvalue weighted by molar-refractivity contribution is 6.39. The summed E-state index contributed by atoms with van der Waals surface area (Å²) >= 11 is 0. The van der Waals surface area contributed by atoms with E-state index in [1.165, 1.54) is 24.3 Å². The molecule has 0 saturated carbocycles. The first-order valence-electron chi connectivity index (χ1n) is 11.0. The molecule has 2 heterocycles. The molecule has 198 valence electrons. The van der Waals surface area contributed by atoms with Crippen LogP contribution in [0, 0.1) is 10.1 Å². The number of ether oxygens (including phenoxy) is 3. The molecule has 0 bridgehead atoms. The highest BCUT2D eigenvalue weighted by Crippen LogP contribution is 2.37.